The van der Waals surface area contributed by atoms with Gasteiger partial charge in [0.1, 0.15) is 0 Å². The zero-order chi connectivity index (χ0) is 16.7. The number of hydrogen-bond donors (Lipinski definition) is 3. The summed E-state index contributed by atoms with van der Waals surface area (Å²) in [4.78, 5) is 22.8. The van der Waals surface area contributed by atoms with Crippen LogP contribution in [0.2, 0.25) is 0 Å². The monoisotopic (exact) mass is 305 g/mol. The van der Waals surface area contributed by atoms with Crippen LogP contribution in [0.1, 0.15) is 50.8 Å². The largest absolute Gasteiger partial charge is 0.341 e. The van der Waals surface area contributed by atoms with Crippen LogP contribution >= 0.6 is 0 Å². The predicted octanol–water partition coefficient (Wildman–Crippen LogP) is 2.55. The summed E-state index contributed by atoms with van der Waals surface area (Å²) in [5, 5.41) is 7.83. The highest BCUT2D eigenvalue weighted by molar-refractivity contribution is 5.95. The third-order valence-electron chi connectivity index (χ3n) is 3.59. The molecule has 0 heterocycles. The quantitative estimate of drug-likeness (QED) is 0.756. The molecular weight excluding hydrogens is 278 g/mol. The minimum atomic E-state index is -0.491. The van der Waals surface area contributed by atoms with Crippen molar-refractivity contribution < 1.29 is 9.59 Å². The Morgan fingerprint density at radius 1 is 1.00 bits per heavy atom. The fraction of sp³-hybridized carbons (Fsp3) is 0.529. The molecule has 0 bridgehead atoms. The Kier molecular flexibility index (Phi) is 7.05. The van der Waals surface area contributed by atoms with E-state index in [4.69, 9.17) is 0 Å². The van der Waals surface area contributed by atoms with E-state index in [1.54, 1.807) is 0 Å². The summed E-state index contributed by atoms with van der Waals surface area (Å²) in [6, 6.07) is 8.03. The molecule has 0 aliphatic heterocycles. The molecule has 5 heteroatoms. The number of amides is 3. The van der Waals surface area contributed by atoms with Gasteiger partial charge in [-0.2, -0.15) is 0 Å². The maximum absolute atomic E-state index is 11.7. The Balaban J connectivity index is 2.69. The summed E-state index contributed by atoms with van der Waals surface area (Å²) >= 11 is 0. The van der Waals surface area contributed by atoms with Crippen LogP contribution in [0.5, 0.6) is 0 Å². The van der Waals surface area contributed by atoms with Gasteiger partial charge in [0.05, 0.1) is 6.54 Å². The van der Waals surface area contributed by atoms with Crippen molar-refractivity contribution in [3.8, 4) is 0 Å². The molecule has 1 rings (SSSR count). The third-order valence-corrected chi connectivity index (χ3v) is 3.59. The first-order valence-electron chi connectivity index (χ1n) is 7.70. The van der Waals surface area contributed by atoms with Crippen molar-refractivity contribution in [3.05, 3.63) is 35.4 Å². The molecule has 5 nitrogen and oxygen atoms in total. The van der Waals surface area contributed by atoms with Gasteiger partial charge in [0.15, 0.2) is 0 Å². The Bertz CT molecular complexity index is 495. The molecule has 122 valence electrons. The molecule has 0 aromatic heterocycles. The molecule has 22 heavy (non-hydrogen) atoms. The van der Waals surface area contributed by atoms with E-state index in [9.17, 15) is 9.59 Å². The molecule has 1 aromatic rings. The second-order valence-electron chi connectivity index (χ2n) is 6.05. The van der Waals surface area contributed by atoms with Crippen molar-refractivity contribution in [2.45, 2.75) is 39.7 Å². The zero-order valence-corrected chi connectivity index (χ0v) is 14.1. The van der Waals surface area contributed by atoms with Gasteiger partial charge in [0.2, 0.25) is 5.91 Å². The number of hydrogen-bond acceptors (Lipinski definition) is 3. The minimum Gasteiger partial charge on any atom is -0.341 e. The van der Waals surface area contributed by atoms with Crippen molar-refractivity contribution in [1.82, 2.24) is 16.0 Å². The molecule has 0 aliphatic carbocycles. The molecule has 0 aliphatic rings. The van der Waals surface area contributed by atoms with Gasteiger partial charge in [-0.15, -0.1) is 0 Å². The van der Waals surface area contributed by atoms with Crippen molar-refractivity contribution >= 4 is 11.9 Å². The van der Waals surface area contributed by atoms with Gasteiger partial charge in [-0.1, -0.05) is 52.0 Å². The highest BCUT2D eigenvalue weighted by Crippen LogP contribution is 2.23. The van der Waals surface area contributed by atoms with Crippen LogP contribution in [-0.4, -0.2) is 25.5 Å². The van der Waals surface area contributed by atoms with E-state index in [-0.39, 0.29) is 18.5 Å². The molecule has 0 fully saturated rings. The zero-order valence-electron chi connectivity index (χ0n) is 14.1. The lowest BCUT2D eigenvalue weighted by Crippen LogP contribution is -2.43. The van der Waals surface area contributed by atoms with Gasteiger partial charge in [-0.05, 0) is 23.0 Å². The summed E-state index contributed by atoms with van der Waals surface area (Å²) in [5.41, 5.74) is 2.44. The Morgan fingerprint density at radius 2 is 1.55 bits per heavy atom. The van der Waals surface area contributed by atoms with Gasteiger partial charge in [-0.25, -0.2) is 4.79 Å². The van der Waals surface area contributed by atoms with Crippen molar-refractivity contribution in [2.75, 3.05) is 13.6 Å². The van der Waals surface area contributed by atoms with E-state index >= 15 is 0 Å². The van der Waals surface area contributed by atoms with Crippen molar-refractivity contribution in [3.63, 3.8) is 0 Å². The second-order valence-corrected chi connectivity index (χ2v) is 6.05. The van der Waals surface area contributed by atoms with E-state index in [0.29, 0.717) is 11.8 Å². The Hall–Kier alpha value is -1.88. The van der Waals surface area contributed by atoms with E-state index in [1.807, 2.05) is 0 Å². The first kappa shape index (κ1) is 18.2. The third kappa shape index (κ3) is 5.48. The maximum Gasteiger partial charge on any atom is 0.321 e. The molecule has 3 N–H and O–H groups in total. The summed E-state index contributed by atoms with van der Waals surface area (Å²) in [5.74, 6) is 0.486. The summed E-state index contributed by atoms with van der Waals surface area (Å²) in [7, 11) is 1.48. The van der Waals surface area contributed by atoms with Crippen molar-refractivity contribution in [2.24, 2.45) is 5.92 Å². The number of urea groups is 1. The lowest BCUT2D eigenvalue weighted by Gasteiger charge is -2.23. The molecule has 0 radical (unpaired) electrons. The maximum atomic E-state index is 11.7. The van der Waals surface area contributed by atoms with Crippen LogP contribution in [0.15, 0.2) is 24.3 Å². The van der Waals surface area contributed by atoms with Crippen LogP contribution in [0.25, 0.3) is 0 Å². The normalized spacial score (nSPS) is 12.3. The molecule has 1 atom stereocenters. The van der Waals surface area contributed by atoms with E-state index in [1.165, 1.54) is 12.6 Å². The van der Waals surface area contributed by atoms with Gasteiger partial charge in [-0.3, -0.25) is 10.1 Å². The Labute approximate surface area is 132 Å². The molecule has 0 saturated carbocycles. The molecule has 1 aromatic carbocycles. The second kappa shape index (κ2) is 8.54. The first-order valence-corrected chi connectivity index (χ1v) is 7.70. The number of nitrogens with one attached hydrogen (secondary N) is 3. The van der Waals surface area contributed by atoms with Gasteiger partial charge >= 0.3 is 6.03 Å². The first-order chi connectivity index (χ1) is 10.3. The molecule has 0 unspecified atom stereocenters. The molecule has 0 saturated heterocycles. The van der Waals surface area contributed by atoms with E-state index in [2.05, 4.69) is 67.9 Å². The number of benzene rings is 1. The number of carbonyl (C=O) groups excluding carboxylic acids is 2. The van der Waals surface area contributed by atoms with E-state index < -0.39 is 6.03 Å². The Morgan fingerprint density at radius 3 is 2.00 bits per heavy atom. The van der Waals surface area contributed by atoms with E-state index in [0.717, 1.165) is 5.56 Å². The summed E-state index contributed by atoms with van der Waals surface area (Å²) in [6.45, 7) is 8.63. The topological polar surface area (TPSA) is 70.2 Å². The lowest BCUT2D eigenvalue weighted by atomic mass is 9.93. The van der Waals surface area contributed by atoms with Gasteiger partial charge < -0.3 is 10.6 Å². The van der Waals surface area contributed by atoms with Crippen molar-refractivity contribution in [1.29, 1.82) is 0 Å². The predicted molar refractivity (Wildman–Crippen MR) is 88.7 cm³/mol. The number of carbonyl (C=O) groups is 2. The summed E-state index contributed by atoms with van der Waals surface area (Å²) < 4.78 is 0. The smallest absolute Gasteiger partial charge is 0.321 e. The van der Waals surface area contributed by atoms with Crippen LogP contribution in [0.3, 0.4) is 0 Å². The number of imide groups is 1. The fourth-order valence-electron chi connectivity index (χ4n) is 2.26. The molecule has 3 amide bonds. The highest BCUT2D eigenvalue weighted by Gasteiger charge is 2.17. The average molecular weight is 305 g/mol. The van der Waals surface area contributed by atoms with Gasteiger partial charge in [0, 0.05) is 13.1 Å². The highest BCUT2D eigenvalue weighted by atomic mass is 16.2. The number of rotatable bonds is 6. The average Bonchev–Trinajstić information content (AvgIpc) is 2.47. The summed E-state index contributed by atoms with van der Waals surface area (Å²) in [6.07, 6.45) is 0. The fourth-order valence-corrected chi connectivity index (χ4v) is 2.26. The molecule has 0 spiro atoms. The SMILES string of the molecule is CNC(=O)NC(=O)CN[C@H](c1ccc(C(C)C)cc1)C(C)C. The minimum absolute atomic E-state index is 0.0663. The van der Waals surface area contributed by atoms with Crippen LogP contribution in [0.4, 0.5) is 4.79 Å². The molecular formula is C17H27N3O2. The van der Waals surface area contributed by atoms with Crippen LogP contribution < -0.4 is 16.0 Å². The van der Waals surface area contributed by atoms with Crippen LogP contribution in [0, 0.1) is 5.92 Å². The van der Waals surface area contributed by atoms with Gasteiger partial charge in [0.25, 0.3) is 0 Å². The van der Waals surface area contributed by atoms with Crippen LogP contribution in [-0.2, 0) is 4.79 Å². The lowest BCUT2D eigenvalue weighted by molar-refractivity contribution is -0.119. The standard InChI is InChI=1S/C17H27N3O2/c1-11(2)13-6-8-14(9-7-13)16(12(3)4)19-10-15(21)20-17(22)18-5/h6-9,11-12,16,19H,10H2,1-5H3,(H2,18,20,21,22)/t16-/m0/s1.